The standard InChI is InChI=1S/C44H66N2O3.ClH/c1-5-6-7-8-9-10-11-12-13-15-21-35(2)37-32-40(48-42(47)24-20-29-45-27-18-19-28-45)43-38-34-46(30-25-36-22-16-14-17-23-36)31-26-39(38)44(3,4)49-41(43)33-37;/h14,16-17,22-23,32-33,35H,5-13,15,18-21,24-31,34H2,1-4H3;1H. The van der Waals surface area contributed by atoms with Crippen LogP contribution in [0.25, 0.3) is 5.57 Å². The number of ether oxygens (including phenoxy) is 2. The molecule has 6 heteroatoms. The first-order valence-corrected chi connectivity index (χ1v) is 20.1. The van der Waals surface area contributed by atoms with Gasteiger partial charge in [0.05, 0.1) is 5.56 Å². The number of nitrogens with zero attached hydrogens (tertiary/aromatic N) is 2. The third-order valence-corrected chi connectivity index (χ3v) is 11.3. The van der Waals surface area contributed by atoms with Crippen LogP contribution in [0.15, 0.2) is 48.0 Å². The van der Waals surface area contributed by atoms with Crippen LogP contribution in [0.5, 0.6) is 11.5 Å². The van der Waals surface area contributed by atoms with E-state index in [0.717, 1.165) is 76.3 Å². The van der Waals surface area contributed by atoms with Gasteiger partial charge in [0.2, 0.25) is 0 Å². The Morgan fingerprint density at radius 3 is 2.24 bits per heavy atom. The predicted octanol–water partition coefficient (Wildman–Crippen LogP) is 11.2. The first-order valence-electron chi connectivity index (χ1n) is 20.1. The van der Waals surface area contributed by atoms with E-state index in [-0.39, 0.29) is 24.0 Å². The van der Waals surface area contributed by atoms with Crippen molar-refractivity contribution in [2.45, 2.75) is 148 Å². The molecule has 5 rings (SSSR count). The Morgan fingerprint density at radius 2 is 1.54 bits per heavy atom. The summed E-state index contributed by atoms with van der Waals surface area (Å²) in [6.45, 7) is 15.2. The van der Waals surface area contributed by atoms with Crippen molar-refractivity contribution in [3.63, 3.8) is 0 Å². The number of hydrogen-bond donors (Lipinski definition) is 0. The average molecular weight is 707 g/mol. The highest BCUT2D eigenvalue weighted by molar-refractivity contribution is 5.85. The molecule has 50 heavy (non-hydrogen) atoms. The van der Waals surface area contributed by atoms with Crippen LogP contribution in [0, 0.1) is 0 Å². The molecule has 0 amide bonds. The molecule has 1 atom stereocenters. The Kier molecular flexibility index (Phi) is 16.7. The smallest absolute Gasteiger partial charge is 0.311 e. The second-order valence-electron chi connectivity index (χ2n) is 15.7. The highest BCUT2D eigenvalue weighted by atomic mass is 35.5. The van der Waals surface area contributed by atoms with E-state index in [1.54, 1.807) is 0 Å². The third-order valence-electron chi connectivity index (χ3n) is 11.3. The van der Waals surface area contributed by atoms with Crippen molar-refractivity contribution in [2.75, 3.05) is 39.3 Å². The minimum absolute atomic E-state index is 0. The Labute approximate surface area is 311 Å². The maximum Gasteiger partial charge on any atom is 0.311 e. The summed E-state index contributed by atoms with van der Waals surface area (Å²) in [5, 5.41) is 0. The van der Waals surface area contributed by atoms with E-state index in [1.165, 1.54) is 99.3 Å². The van der Waals surface area contributed by atoms with E-state index in [0.29, 0.717) is 18.1 Å². The fourth-order valence-corrected chi connectivity index (χ4v) is 8.26. The molecule has 2 aromatic carbocycles. The topological polar surface area (TPSA) is 42.0 Å². The molecule has 0 N–H and O–H groups in total. The average Bonchev–Trinajstić information content (AvgIpc) is 3.61. The molecular formula is C44H67ClN2O3. The van der Waals surface area contributed by atoms with E-state index in [4.69, 9.17) is 9.47 Å². The Balaban J connectivity index is 0.00000562. The normalized spacial score (nSPS) is 17.8. The van der Waals surface area contributed by atoms with Gasteiger partial charge in [0, 0.05) is 26.1 Å². The summed E-state index contributed by atoms with van der Waals surface area (Å²) in [5.74, 6) is 1.86. The minimum atomic E-state index is -0.386. The van der Waals surface area contributed by atoms with Crippen molar-refractivity contribution in [2.24, 2.45) is 0 Å². The molecule has 0 spiro atoms. The number of esters is 1. The fraction of sp³-hybridized carbons (Fsp3) is 0.659. The number of fused-ring (bicyclic) bond motifs is 2. The van der Waals surface area contributed by atoms with Crippen molar-refractivity contribution in [3.05, 3.63) is 64.7 Å². The zero-order chi connectivity index (χ0) is 34.5. The second-order valence-corrected chi connectivity index (χ2v) is 15.7. The lowest BCUT2D eigenvalue weighted by molar-refractivity contribution is -0.134. The summed E-state index contributed by atoms with van der Waals surface area (Å²) in [6, 6.07) is 15.3. The van der Waals surface area contributed by atoms with Crippen molar-refractivity contribution in [3.8, 4) is 11.5 Å². The van der Waals surface area contributed by atoms with E-state index in [9.17, 15) is 4.79 Å². The first-order chi connectivity index (χ1) is 23.8. The van der Waals surface area contributed by atoms with Crippen LogP contribution in [0.2, 0.25) is 0 Å². The number of benzene rings is 2. The van der Waals surface area contributed by atoms with Crippen LogP contribution in [-0.2, 0) is 11.2 Å². The molecule has 0 radical (unpaired) electrons. The molecule has 0 bridgehead atoms. The van der Waals surface area contributed by atoms with E-state index < -0.39 is 0 Å². The molecule has 0 aromatic heterocycles. The molecule has 0 aliphatic carbocycles. The van der Waals surface area contributed by atoms with Crippen LogP contribution < -0.4 is 9.47 Å². The van der Waals surface area contributed by atoms with Gasteiger partial charge in [-0.15, -0.1) is 12.4 Å². The first kappa shape index (κ1) is 40.4. The SMILES string of the molecule is CCCCCCCCCCCCC(C)c1cc(OC(=O)CCCN2CCCC2)c2c(c1)OC(C)(C)C1=C2CN(CCc2ccccc2)CC1.Cl. The van der Waals surface area contributed by atoms with Gasteiger partial charge in [-0.05, 0) is 112 Å². The molecular weight excluding hydrogens is 640 g/mol. The molecule has 3 heterocycles. The van der Waals surface area contributed by atoms with Crippen molar-refractivity contribution >= 4 is 23.9 Å². The van der Waals surface area contributed by atoms with Crippen molar-refractivity contribution < 1.29 is 14.3 Å². The summed E-state index contributed by atoms with van der Waals surface area (Å²) in [6.07, 6.45) is 20.5. The number of unbranched alkanes of at least 4 members (excludes halogenated alkanes) is 9. The second kappa shape index (κ2) is 20.6. The van der Waals surface area contributed by atoms with Crippen molar-refractivity contribution in [1.29, 1.82) is 0 Å². The van der Waals surface area contributed by atoms with Gasteiger partial charge >= 0.3 is 5.97 Å². The summed E-state index contributed by atoms with van der Waals surface area (Å²) < 4.78 is 13.2. The van der Waals surface area contributed by atoms with Crippen LogP contribution in [-0.4, -0.2) is 60.6 Å². The van der Waals surface area contributed by atoms with Gasteiger partial charge < -0.3 is 14.4 Å². The largest absolute Gasteiger partial charge is 0.483 e. The number of likely N-dealkylation sites (tertiary alicyclic amines) is 1. The Hall–Kier alpha value is -2.34. The lowest BCUT2D eigenvalue weighted by Gasteiger charge is -2.43. The Morgan fingerprint density at radius 1 is 0.860 bits per heavy atom. The molecule has 1 unspecified atom stereocenters. The van der Waals surface area contributed by atoms with Gasteiger partial charge in [-0.3, -0.25) is 9.69 Å². The summed E-state index contributed by atoms with van der Waals surface area (Å²) in [5.41, 5.74) is 5.89. The van der Waals surface area contributed by atoms with Crippen molar-refractivity contribution in [1.82, 2.24) is 9.80 Å². The zero-order valence-electron chi connectivity index (χ0n) is 31.9. The monoisotopic (exact) mass is 706 g/mol. The lowest BCUT2D eigenvalue weighted by atomic mass is 9.80. The third kappa shape index (κ3) is 11.9. The number of rotatable bonds is 20. The summed E-state index contributed by atoms with van der Waals surface area (Å²) >= 11 is 0. The van der Waals surface area contributed by atoms with Gasteiger partial charge in [0.1, 0.15) is 17.1 Å². The van der Waals surface area contributed by atoms with Gasteiger partial charge in [-0.25, -0.2) is 0 Å². The van der Waals surface area contributed by atoms with Crippen LogP contribution >= 0.6 is 12.4 Å². The highest BCUT2D eigenvalue weighted by Crippen LogP contribution is 2.49. The number of carbonyl (C=O) groups is 1. The summed E-state index contributed by atoms with van der Waals surface area (Å²) in [4.78, 5) is 18.5. The summed E-state index contributed by atoms with van der Waals surface area (Å²) in [7, 11) is 0. The molecule has 278 valence electrons. The van der Waals surface area contributed by atoms with Gasteiger partial charge in [-0.2, -0.15) is 0 Å². The number of carbonyl (C=O) groups excluding carboxylic acids is 1. The maximum atomic E-state index is 13.4. The maximum absolute atomic E-state index is 13.4. The molecule has 3 aliphatic heterocycles. The van der Waals surface area contributed by atoms with Crippen LogP contribution in [0.1, 0.15) is 153 Å². The quantitative estimate of drug-likeness (QED) is 0.0779. The predicted molar refractivity (Wildman–Crippen MR) is 212 cm³/mol. The van der Waals surface area contributed by atoms with Gasteiger partial charge in [0.15, 0.2) is 0 Å². The number of hydrogen-bond acceptors (Lipinski definition) is 5. The lowest BCUT2D eigenvalue weighted by Crippen LogP contribution is -2.42. The molecule has 1 saturated heterocycles. The molecule has 3 aliphatic rings. The molecule has 5 nitrogen and oxygen atoms in total. The van der Waals surface area contributed by atoms with Gasteiger partial charge in [-0.1, -0.05) is 108 Å². The molecule has 2 aromatic rings. The fourth-order valence-electron chi connectivity index (χ4n) is 8.26. The molecule has 1 fully saturated rings. The van der Waals surface area contributed by atoms with E-state index in [2.05, 4.69) is 80.0 Å². The highest BCUT2D eigenvalue weighted by Gasteiger charge is 2.39. The molecule has 0 saturated carbocycles. The zero-order valence-corrected chi connectivity index (χ0v) is 32.7. The Bertz CT molecular complexity index is 1350. The van der Waals surface area contributed by atoms with E-state index >= 15 is 0 Å². The van der Waals surface area contributed by atoms with E-state index in [1.807, 2.05) is 0 Å². The minimum Gasteiger partial charge on any atom is -0.483 e. The van der Waals surface area contributed by atoms with Gasteiger partial charge in [0.25, 0.3) is 0 Å². The van der Waals surface area contributed by atoms with Crippen LogP contribution in [0.3, 0.4) is 0 Å². The number of halogens is 1. The van der Waals surface area contributed by atoms with Crippen LogP contribution in [0.4, 0.5) is 0 Å².